The Morgan fingerprint density at radius 2 is 1.93 bits per heavy atom. The number of nitrogens with one attached hydrogen (secondary N) is 1. The van der Waals surface area contributed by atoms with E-state index in [1.807, 2.05) is 0 Å². The summed E-state index contributed by atoms with van der Waals surface area (Å²) in [6.45, 7) is 3.68. The third-order valence-corrected chi connectivity index (χ3v) is 1.96. The molecule has 0 atom stereocenters. The van der Waals surface area contributed by atoms with Crippen molar-refractivity contribution in [2.24, 2.45) is 5.73 Å². The summed E-state index contributed by atoms with van der Waals surface area (Å²) in [5, 5.41) is 2.89. The fraction of sp³-hybridized carbons (Fsp3) is 0.900. The van der Waals surface area contributed by atoms with Crippen LogP contribution in [0.1, 0.15) is 45.4 Å². The minimum atomic E-state index is 0. The number of hydrogen-bond donors (Lipinski definition) is 2. The van der Waals surface area contributed by atoms with Crippen LogP contribution in [0.3, 0.4) is 0 Å². The average molecular weight is 223 g/mol. The summed E-state index contributed by atoms with van der Waals surface area (Å²) in [7, 11) is 0. The molecule has 0 fully saturated rings. The highest BCUT2D eigenvalue weighted by Crippen LogP contribution is 1.98. The lowest BCUT2D eigenvalue weighted by molar-refractivity contribution is -0.121. The first-order valence-electron chi connectivity index (χ1n) is 5.28. The van der Waals surface area contributed by atoms with Crippen LogP contribution in [0.25, 0.3) is 0 Å². The second-order valence-electron chi connectivity index (χ2n) is 3.30. The maximum Gasteiger partial charge on any atom is 0.219 e. The Morgan fingerprint density at radius 3 is 2.50 bits per heavy atom. The molecule has 3 N–H and O–H groups in total. The van der Waals surface area contributed by atoms with E-state index in [1.54, 1.807) is 0 Å². The monoisotopic (exact) mass is 222 g/mol. The Hall–Kier alpha value is -0.280. The van der Waals surface area contributed by atoms with Gasteiger partial charge >= 0.3 is 0 Å². The predicted octanol–water partition coefficient (Wildman–Crippen LogP) is 1.84. The molecule has 0 saturated carbocycles. The number of nitrogens with two attached hydrogens (primary N) is 1. The molecule has 0 aliphatic carbocycles. The van der Waals surface area contributed by atoms with Gasteiger partial charge < -0.3 is 11.1 Å². The second kappa shape index (κ2) is 12.7. The molecule has 0 bridgehead atoms. The Balaban J connectivity index is 0. The molecule has 0 heterocycles. The molecule has 0 saturated heterocycles. The SMILES string of the molecule is CCCCNC(=O)CCCCCN.Cl. The van der Waals surface area contributed by atoms with Crippen LogP contribution >= 0.6 is 12.4 Å². The first-order chi connectivity index (χ1) is 6.31. The molecule has 0 unspecified atom stereocenters. The van der Waals surface area contributed by atoms with E-state index in [4.69, 9.17) is 5.73 Å². The van der Waals surface area contributed by atoms with Gasteiger partial charge in [0.05, 0.1) is 0 Å². The molecule has 14 heavy (non-hydrogen) atoms. The lowest BCUT2D eigenvalue weighted by atomic mass is 10.2. The highest BCUT2D eigenvalue weighted by atomic mass is 35.5. The first-order valence-corrected chi connectivity index (χ1v) is 5.28. The van der Waals surface area contributed by atoms with Crippen LogP contribution in [-0.4, -0.2) is 19.0 Å². The third-order valence-electron chi connectivity index (χ3n) is 1.96. The third kappa shape index (κ3) is 11.7. The van der Waals surface area contributed by atoms with E-state index in [-0.39, 0.29) is 18.3 Å². The highest BCUT2D eigenvalue weighted by Gasteiger charge is 1.98. The van der Waals surface area contributed by atoms with Crippen molar-refractivity contribution in [1.82, 2.24) is 5.32 Å². The first kappa shape index (κ1) is 16.2. The lowest BCUT2D eigenvalue weighted by Gasteiger charge is -2.03. The summed E-state index contributed by atoms with van der Waals surface area (Å²) < 4.78 is 0. The van der Waals surface area contributed by atoms with Crippen molar-refractivity contribution in [2.45, 2.75) is 45.4 Å². The summed E-state index contributed by atoms with van der Waals surface area (Å²) >= 11 is 0. The standard InChI is InChI=1S/C10H22N2O.ClH/c1-2-3-9-12-10(13)7-5-4-6-8-11;/h2-9,11H2,1H3,(H,12,13);1H. The van der Waals surface area contributed by atoms with Gasteiger partial charge in [-0.1, -0.05) is 19.8 Å². The Kier molecular flexibility index (Phi) is 14.7. The molecule has 0 aliphatic heterocycles. The number of unbranched alkanes of at least 4 members (excludes halogenated alkanes) is 3. The van der Waals surface area contributed by atoms with Crippen LogP contribution in [0.4, 0.5) is 0 Å². The summed E-state index contributed by atoms with van der Waals surface area (Å²) in [6.07, 6.45) is 5.93. The van der Waals surface area contributed by atoms with Crippen molar-refractivity contribution in [3.63, 3.8) is 0 Å². The van der Waals surface area contributed by atoms with Gasteiger partial charge in [-0.3, -0.25) is 4.79 Å². The molecule has 86 valence electrons. The second-order valence-corrected chi connectivity index (χ2v) is 3.30. The molecule has 4 heteroatoms. The Bertz CT molecular complexity index is 131. The Morgan fingerprint density at radius 1 is 1.21 bits per heavy atom. The van der Waals surface area contributed by atoms with Crippen LogP contribution in [0.2, 0.25) is 0 Å². The van der Waals surface area contributed by atoms with Crippen molar-refractivity contribution in [1.29, 1.82) is 0 Å². The largest absolute Gasteiger partial charge is 0.356 e. The van der Waals surface area contributed by atoms with Gasteiger partial charge in [-0.25, -0.2) is 0 Å². The van der Waals surface area contributed by atoms with E-state index in [1.165, 1.54) is 0 Å². The molecular formula is C10H23ClN2O. The molecule has 0 rings (SSSR count). The van der Waals surface area contributed by atoms with Crippen molar-refractivity contribution in [2.75, 3.05) is 13.1 Å². The summed E-state index contributed by atoms with van der Waals surface area (Å²) in [5.41, 5.74) is 5.34. The molecule has 3 nitrogen and oxygen atoms in total. The quantitative estimate of drug-likeness (QED) is 0.616. The van der Waals surface area contributed by atoms with Crippen LogP contribution in [0.15, 0.2) is 0 Å². The number of halogens is 1. The van der Waals surface area contributed by atoms with Crippen molar-refractivity contribution in [3.8, 4) is 0 Å². The summed E-state index contributed by atoms with van der Waals surface area (Å²) in [6, 6.07) is 0. The van der Waals surface area contributed by atoms with Crippen molar-refractivity contribution < 1.29 is 4.79 Å². The molecule has 0 aromatic rings. The van der Waals surface area contributed by atoms with Gasteiger partial charge in [0.25, 0.3) is 0 Å². The fourth-order valence-corrected chi connectivity index (χ4v) is 1.10. The average Bonchev–Trinajstić information content (AvgIpc) is 2.13. The van der Waals surface area contributed by atoms with Crippen LogP contribution in [-0.2, 0) is 4.79 Å². The zero-order chi connectivity index (χ0) is 9.94. The van der Waals surface area contributed by atoms with Crippen molar-refractivity contribution >= 4 is 18.3 Å². The van der Waals surface area contributed by atoms with Gasteiger partial charge in [0, 0.05) is 13.0 Å². The van der Waals surface area contributed by atoms with Gasteiger partial charge in [0.1, 0.15) is 0 Å². The van der Waals surface area contributed by atoms with E-state index in [2.05, 4.69) is 12.2 Å². The molecular weight excluding hydrogens is 200 g/mol. The zero-order valence-corrected chi connectivity index (χ0v) is 9.87. The van der Waals surface area contributed by atoms with Crippen LogP contribution in [0.5, 0.6) is 0 Å². The number of carbonyl (C=O) groups excluding carboxylic acids is 1. The van der Waals surface area contributed by atoms with E-state index in [0.717, 1.165) is 45.2 Å². The van der Waals surface area contributed by atoms with Crippen LogP contribution < -0.4 is 11.1 Å². The van der Waals surface area contributed by atoms with Gasteiger partial charge in [-0.05, 0) is 25.8 Å². The van der Waals surface area contributed by atoms with Gasteiger partial charge in [-0.15, -0.1) is 12.4 Å². The maximum absolute atomic E-state index is 11.1. The fourth-order valence-electron chi connectivity index (χ4n) is 1.10. The van der Waals surface area contributed by atoms with Gasteiger partial charge in [-0.2, -0.15) is 0 Å². The molecule has 0 radical (unpaired) electrons. The summed E-state index contributed by atoms with van der Waals surface area (Å²) in [5.74, 6) is 0.186. The van der Waals surface area contributed by atoms with E-state index in [9.17, 15) is 4.79 Å². The molecule has 0 spiro atoms. The molecule has 0 aliphatic rings. The number of amides is 1. The number of hydrogen-bond acceptors (Lipinski definition) is 2. The van der Waals surface area contributed by atoms with Gasteiger partial charge in [0.15, 0.2) is 0 Å². The molecule has 1 amide bonds. The minimum Gasteiger partial charge on any atom is -0.356 e. The lowest BCUT2D eigenvalue weighted by Crippen LogP contribution is -2.23. The smallest absolute Gasteiger partial charge is 0.219 e. The molecule has 0 aromatic carbocycles. The highest BCUT2D eigenvalue weighted by molar-refractivity contribution is 5.85. The van der Waals surface area contributed by atoms with E-state index in [0.29, 0.717) is 6.42 Å². The van der Waals surface area contributed by atoms with Gasteiger partial charge in [0.2, 0.25) is 5.91 Å². The van der Waals surface area contributed by atoms with Crippen LogP contribution in [0, 0.1) is 0 Å². The minimum absolute atomic E-state index is 0. The normalized spacial score (nSPS) is 9.29. The predicted molar refractivity (Wildman–Crippen MR) is 62.7 cm³/mol. The zero-order valence-electron chi connectivity index (χ0n) is 9.05. The number of carbonyl (C=O) groups is 1. The Labute approximate surface area is 93.2 Å². The van der Waals surface area contributed by atoms with E-state index < -0.39 is 0 Å². The van der Waals surface area contributed by atoms with E-state index >= 15 is 0 Å². The maximum atomic E-state index is 11.1. The molecule has 0 aromatic heterocycles. The topological polar surface area (TPSA) is 55.1 Å². The van der Waals surface area contributed by atoms with Crippen molar-refractivity contribution in [3.05, 3.63) is 0 Å². The summed E-state index contributed by atoms with van der Waals surface area (Å²) in [4.78, 5) is 11.1. The number of rotatable bonds is 8.